The lowest BCUT2D eigenvalue weighted by Gasteiger charge is -2.45. The number of nitrogens with one attached hydrogen (secondary N) is 1. The Morgan fingerprint density at radius 2 is 2.14 bits per heavy atom. The average Bonchev–Trinajstić information content (AvgIpc) is 3.16. The average molecular weight is 307 g/mol. The molecular formula is C18H30N2S. The Bertz CT molecular complexity index is 436. The Morgan fingerprint density at radius 3 is 2.76 bits per heavy atom. The molecule has 3 heteroatoms. The summed E-state index contributed by atoms with van der Waals surface area (Å²) in [5.74, 6) is 0.804. The molecule has 0 amide bonds. The second-order valence-corrected chi connectivity index (χ2v) is 8.48. The molecule has 0 radical (unpaired) electrons. The minimum absolute atomic E-state index is 0.440. The van der Waals surface area contributed by atoms with Gasteiger partial charge in [0.05, 0.1) is 0 Å². The van der Waals surface area contributed by atoms with Gasteiger partial charge in [-0.1, -0.05) is 20.3 Å². The van der Waals surface area contributed by atoms with E-state index in [4.69, 9.17) is 0 Å². The van der Waals surface area contributed by atoms with E-state index in [2.05, 4.69) is 47.9 Å². The van der Waals surface area contributed by atoms with Crippen molar-refractivity contribution in [2.75, 3.05) is 13.6 Å². The molecule has 118 valence electrons. The number of hydrogen-bond acceptors (Lipinski definition) is 3. The smallest absolute Gasteiger partial charge is 0.0245 e. The van der Waals surface area contributed by atoms with Gasteiger partial charge < -0.3 is 5.32 Å². The molecule has 1 N–H and O–H groups in total. The van der Waals surface area contributed by atoms with Crippen LogP contribution in [0.15, 0.2) is 16.8 Å². The lowest BCUT2D eigenvalue weighted by molar-refractivity contribution is 0.0785. The number of nitrogens with zero attached hydrogens (tertiary/aromatic N) is 1. The van der Waals surface area contributed by atoms with Gasteiger partial charge in [-0.15, -0.1) is 0 Å². The summed E-state index contributed by atoms with van der Waals surface area (Å²) in [5, 5.41) is 8.17. The van der Waals surface area contributed by atoms with Gasteiger partial charge in [-0.3, -0.25) is 4.90 Å². The standard InChI is InChI=1S/C18H30N2S/c1-18(2)9-4-5-15(17(18)19-3)12-20(16-6-7-16)11-14-8-10-21-13-14/h8,10,13,15-17,19H,4-7,9,11-12H2,1-3H3. The molecule has 2 atom stereocenters. The first-order valence-electron chi connectivity index (χ1n) is 8.52. The van der Waals surface area contributed by atoms with E-state index in [0.717, 1.165) is 18.5 Å². The first kappa shape index (κ1) is 15.5. The molecule has 21 heavy (non-hydrogen) atoms. The van der Waals surface area contributed by atoms with E-state index < -0.39 is 0 Å². The highest BCUT2D eigenvalue weighted by Gasteiger charge is 2.40. The van der Waals surface area contributed by atoms with Crippen molar-refractivity contribution in [1.29, 1.82) is 0 Å². The fourth-order valence-electron chi connectivity index (χ4n) is 4.30. The van der Waals surface area contributed by atoms with Crippen molar-refractivity contribution in [2.24, 2.45) is 11.3 Å². The second kappa shape index (κ2) is 6.39. The largest absolute Gasteiger partial charge is 0.316 e. The number of thiophene rings is 1. The molecular weight excluding hydrogens is 276 g/mol. The summed E-state index contributed by atoms with van der Waals surface area (Å²) < 4.78 is 0. The summed E-state index contributed by atoms with van der Waals surface area (Å²) in [6.45, 7) is 7.32. The maximum atomic E-state index is 3.64. The molecule has 0 spiro atoms. The van der Waals surface area contributed by atoms with Crippen molar-refractivity contribution in [3.8, 4) is 0 Å². The molecule has 0 bridgehead atoms. The summed E-state index contributed by atoms with van der Waals surface area (Å²) >= 11 is 1.83. The fourth-order valence-corrected chi connectivity index (χ4v) is 4.96. The van der Waals surface area contributed by atoms with Gasteiger partial charge in [0.25, 0.3) is 0 Å². The third-order valence-electron chi connectivity index (χ3n) is 5.52. The van der Waals surface area contributed by atoms with Crippen LogP contribution in [-0.4, -0.2) is 30.6 Å². The normalized spacial score (nSPS) is 29.0. The van der Waals surface area contributed by atoms with Crippen LogP contribution in [-0.2, 0) is 6.54 Å². The van der Waals surface area contributed by atoms with Crippen LogP contribution >= 0.6 is 11.3 Å². The zero-order valence-electron chi connectivity index (χ0n) is 13.8. The minimum atomic E-state index is 0.440. The van der Waals surface area contributed by atoms with Gasteiger partial charge in [-0.05, 0) is 66.5 Å². The summed E-state index contributed by atoms with van der Waals surface area (Å²) in [5.41, 5.74) is 1.94. The monoisotopic (exact) mass is 306 g/mol. The Morgan fingerprint density at radius 1 is 1.33 bits per heavy atom. The lowest BCUT2D eigenvalue weighted by atomic mass is 9.68. The first-order valence-corrected chi connectivity index (χ1v) is 9.47. The molecule has 1 aromatic rings. The van der Waals surface area contributed by atoms with Crippen LogP contribution in [0.3, 0.4) is 0 Å². The van der Waals surface area contributed by atoms with E-state index in [1.807, 2.05) is 11.3 Å². The summed E-state index contributed by atoms with van der Waals surface area (Å²) in [7, 11) is 2.16. The van der Waals surface area contributed by atoms with Gasteiger partial charge in [-0.2, -0.15) is 11.3 Å². The van der Waals surface area contributed by atoms with Crippen LogP contribution in [0.2, 0.25) is 0 Å². The molecule has 2 fully saturated rings. The van der Waals surface area contributed by atoms with E-state index in [0.29, 0.717) is 11.5 Å². The minimum Gasteiger partial charge on any atom is -0.316 e. The SMILES string of the molecule is CNC1C(CN(Cc2ccsc2)C2CC2)CCCC1(C)C. The van der Waals surface area contributed by atoms with E-state index in [1.165, 1.54) is 44.2 Å². The molecule has 2 unspecified atom stereocenters. The topological polar surface area (TPSA) is 15.3 Å². The predicted octanol–water partition coefficient (Wildman–Crippen LogP) is 4.13. The molecule has 2 aliphatic rings. The highest BCUT2D eigenvalue weighted by Crippen LogP contribution is 2.40. The summed E-state index contributed by atoms with van der Waals surface area (Å²) in [6, 6.07) is 3.81. The number of hydrogen-bond donors (Lipinski definition) is 1. The lowest BCUT2D eigenvalue weighted by Crippen LogP contribution is -2.51. The van der Waals surface area contributed by atoms with Crippen LogP contribution in [0.4, 0.5) is 0 Å². The van der Waals surface area contributed by atoms with Crippen LogP contribution in [0.25, 0.3) is 0 Å². The molecule has 0 saturated heterocycles. The van der Waals surface area contributed by atoms with Crippen LogP contribution in [0.1, 0.15) is 51.5 Å². The van der Waals surface area contributed by atoms with Crippen molar-refractivity contribution in [2.45, 2.75) is 64.6 Å². The van der Waals surface area contributed by atoms with Crippen molar-refractivity contribution >= 4 is 11.3 Å². The van der Waals surface area contributed by atoms with E-state index >= 15 is 0 Å². The van der Waals surface area contributed by atoms with Crippen LogP contribution in [0.5, 0.6) is 0 Å². The highest BCUT2D eigenvalue weighted by atomic mass is 32.1. The Labute approximate surface area is 133 Å². The Balaban J connectivity index is 1.67. The highest BCUT2D eigenvalue weighted by molar-refractivity contribution is 7.07. The third-order valence-corrected chi connectivity index (χ3v) is 6.25. The maximum absolute atomic E-state index is 3.64. The van der Waals surface area contributed by atoms with Crippen LogP contribution < -0.4 is 5.32 Å². The van der Waals surface area contributed by atoms with E-state index in [9.17, 15) is 0 Å². The molecule has 2 aliphatic carbocycles. The van der Waals surface area contributed by atoms with Gasteiger partial charge >= 0.3 is 0 Å². The van der Waals surface area contributed by atoms with Crippen molar-refractivity contribution in [3.05, 3.63) is 22.4 Å². The Hall–Kier alpha value is -0.380. The zero-order chi connectivity index (χ0) is 14.9. The summed E-state index contributed by atoms with van der Waals surface area (Å²) in [6.07, 6.45) is 6.96. The Kier molecular flexibility index (Phi) is 4.72. The fraction of sp³-hybridized carbons (Fsp3) is 0.778. The molecule has 0 aromatic carbocycles. The maximum Gasteiger partial charge on any atom is 0.0245 e. The number of rotatable bonds is 6. The van der Waals surface area contributed by atoms with Crippen LogP contribution in [0, 0.1) is 11.3 Å². The molecule has 2 saturated carbocycles. The third kappa shape index (κ3) is 3.69. The molecule has 3 rings (SSSR count). The van der Waals surface area contributed by atoms with Crippen molar-refractivity contribution in [3.63, 3.8) is 0 Å². The first-order chi connectivity index (χ1) is 10.1. The molecule has 0 aliphatic heterocycles. The van der Waals surface area contributed by atoms with Gasteiger partial charge in [0, 0.05) is 25.2 Å². The molecule has 2 nitrogen and oxygen atoms in total. The van der Waals surface area contributed by atoms with Gasteiger partial charge in [0.15, 0.2) is 0 Å². The van der Waals surface area contributed by atoms with Crippen molar-refractivity contribution < 1.29 is 0 Å². The van der Waals surface area contributed by atoms with Gasteiger partial charge in [0.2, 0.25) is 0 Å². The second-order valence-electron chi connectivity index (χ2n) is 7.70. The zero-order valence-corrected chi connectivity index (χ0v) is 14.6. The quantitative estimate of drug-likeness (QED) is 0.850. The summed E-state index contributed by atoms with van der Waals surface area (Å²) in [4.78, 5) is 2.76. The van der Waals surface area contributed by atoms with Crippen molar-refractivity contribution in [1.82, 2.24) is 10.2 Å². The van der Waals surface area contributed by atoms with Gasteiger partial charge in [0.1, 0.15) is 0 Å². The predicted molar refractivity (Wildman–Crippen MR) is 91.7 cm³/mol. The van der Waals surface area contributed by atoms with E-state index in [-0.39, 0.29) is 0 Å². The van der Waals surface area contributed by atoms with E-state index in [1.54, 1.807) is 0 Å². The van der Waals surface area contributed by atoms with Gasteiger partial charge in [-0.25, -0.2) is 0 Å². The molecule has 1 heterocycles. The molecule has 1 aromatic heterocycles.